The maximum absolute atomic E-state index is 12.0. The van der Waals surface area contributed by atoms with Gasteiger partial charge in [0.2, 0.25) is 5.91 Å². The van der Waals surface area contributed by atoms with Crippen LogP contribution in [0.15, 0.2) is 24.3 Å². The first-order chi connectivity index (χ1) is 8.70. The molecule has 0 N–H and O–H groups in total. The zero-order valence-corrected chi connectivity index (χ0v) is 11.2. The number of nitrogens with zero attached hydrogens (tertiary/aromatic N) is 1. The third-order valence-electron chi connectivity index (χ3n) is 3.63. The predicted molar refractivity (Wildman–Crippen MR) is 71.7 cm³/mol. The van der Waals surface area contributed by atoms with E-state index in [0.29, 0.717) is 5.91 Å². The minimum Gasteiger partial charge on any atom is -0.497 e. The molecular formula is C15H21NO2. The molecule has 0 spiro atoms. The molecule has 3 heteroatoms. The van der Waals surface area contributed by atoms with E-state index in [0.717, 1.165) is 38.1 Å². The molecule has 98 valence electrons. The molecule has 1 saturated heterocycles. The van der Waals surface area contributed by atoms with Gasteiger partial charge in [-0.2, -0.15) is 0 Å². The highest BCUT2D eigenvalue weighted by atomic mass is 16.5. The van der Waals surface area contributed by atoms with E-state index in [9.17, 15) is 4.79 Å². The molecule has 1 unspecified atom stereocenters. The van der Waals surface area contributed by atoms with E-state index in [1.165, 1.54) is 5.56 Å². The van der Waals surface area contributed by atoms with Crippen molar-refractivity contribution in [2.24, 2.45) is 5.92 Å². The van der Waals surface area contributed by atoms with Crippen molar-refractivity contribution in [1.82, 2.24) is 4.90 Å². The Balaban J connectivity index is 1.88. The van der Waals surface area contributed by atoms with Crippen molar-refractivity contribution in [2.75, 3.05) is 20.2 Å². The molecule has 0 saturated carbocycles. The maximum Gasteiger partial charge on any atom is 0.225 e. The summed E-state index contributed by atoms with van der Waals surface area (Å²) in [6.45, 7) is 3.77. The van der Waals surface area contributed by atoms with E-state index in [-0.39, 0.29) is 5.92 Å². The number of rotatable bonds is 4. The van der Waals surface area contributed by atoms with Crippen molar-refractivity contribution in [2.45, 2.75) is 26.2 Å². The number of carbonyl (C=O) groups excluding carboxylic acids is 1. The van der Waals surface area contributed by atoms with Gasteiger partial charge in [0.05, 0.1) is 7.11 Å². The van der Waals surface area contributed by atoms with Gasteiger partial charge in [-0.15, -0.1) is 0 Å². The van der Waals surface area contributed by atoms with Crippen LogP contribution in [0.5, 0.6) is 5.75 Å². The highest BCUT2D eigenvalue weighted by molar-refractivity contribution is 5.79. The number of hydrogen-bond acceptors (Lipinski definition) is 2. The van der Waals surface area contributed by atoms with Crippen LogP contribution >= 0.6 is 0 Å². The second-order valence-electron chi connectivity index (χ2n) is 4.97. The van der Waals surface area contributed by atoms with Gasteiger partial charge in [-0.25, -0.2) is 0 Å². The second kappa shape index (κ2) is 5.89. The zero-order valence-electron chi connectivity index (χ0n) is 11.2. The molecule has 1 atom stereocenters. The van der Waals surface area contributed by atoms with Crippen LogP contribution in [0.1, 0.15) is 25.3 Å². The fraction of sp³-hybridized carbons (Fsp3) is 0.533. The maximum atomic E-state index is 12.0. The molecule has 1 heterocycles. The van der Waals surface area contributed by atoms with E-state index < -0.39 is 0 Å². The molecule has 0 bridgehead atoms. The molecule has 0 radical (unpaired) electrons. The summed E-state index contributed by atoms with van der Waals surface area (Å²) in [4.78, 5) is 14.0. The molecule has 0 aliphatic carbocycles. The Hall–Kier alpha value is -1.51. The summed E-state index contributed by atoms with van der Waals surface area (Å²) in [6.07, 6.45) is 3.09. The summed E-state index contributed by atoms with van der Waals surface area (Å²) >= 11 is 0. The minimum absolute atomic E-state index is 0.203. The topological polar surface area (TPSA) is 29.5 Å². The Morgan fingerprint density at radius 2 is 2.06 bits per heavy atom. The third kappa shape index (κ3) is 3.03. The molecule has 1 aromatic rings. The summed E-state index contributed by atoms with van der Waals surface area (Å²) in [6, 6.07) is 8.07. The van der Waals surface area contributed by atoms with Crippen molar-refractivity contribution >= 4 is 5.91 Å². The number of benzene rings is 1. The van der Waals surface area contributed by atoms with Crippen LogP contribution in [0, 0.1) is 5.92 Å². The average molecular weight is 247 g/mol. The Morgan fingerprint density at radius 1 is 1.33 bits per heavy atom. The molecule has 0 aromatic heterocycles. The van der Waals surface area contributed by atoms with Gasteiger partial charge in [0.25, 0.3) is 0 Å². The van der Waals surface area contributed by atoms with Crippen molar-refractivity contribution < 1.29 is 9.53 Å². The minimum atomic E-state index is 0.203. The van der Waals surface area contributed by atoms with Crippen molar-refractivity contribution in [3.05, 3.63) is 29.8 Å². The van der Waals surface area contributed by atoms with Crippen LogP contribution in [0.4, 0.5) is 0 Å². The van der Waals surface area contributed by atoms with Crippen LogP contribution in [0.3, 0.4) is 0 Å². The van der Waals surface area contributed by atoms with Crippen LogP contribution in [-0.2, 0) is 11.2 Å². The lowest BCUT2D eigenvalue weighted by Gasteiger charge is -2.30. The zero-order chi connectivity index (χ0) is 13.0. The molecule has 2 rings (SSSR count). The Morgan fingerprint density at radius 3 is 2.72 bits per heavy atom. The lowest BCUT2D eigenvalue weighted by atomic mass is 9.99. The third-order valence-corrected chi connectivity index (χ3v) is 3.63. The van der Waals surface area contributed by atoms with E-state index in [1.807, 2.05) is 24.0 Å². The van der Waals surface area contributed by atoms with Crippen LogP contribution < -0.4 is 4.74 Å². The van der Waals surface area contributed by atoms with Gasteiger partial charge in [-0.3, -0.25) is 4.79 Å². The van der Waals surface area contributed by atoms with Gasteiger partial charge < -0.3 is 9.64 Å². The first-order valence-corrected chi connectivity index (χ1v) is 6.62. The predicted octanol–water partition coefficient (Wildman–Crippen LogP) is 2.50. The molecule has 1 aliphatic rings. The van der Waals surface area contributed by atoms with Crippen LogP contribution in [0.2, 0.25) is 0 Å². The highest BCUT2D eigenvalue weighted by Crippen LogP contribution is 2.18. The van der Waals surface area contributed by atoms with Gasteiger partial charge in [0, 0.05) is 19.0 Å². The molecule has 18 heavy (non-hydrogen) atoms. The molecule has 1 amide bonds. The van der Waals surface area contributed by atoms with Gasteiger partial charge in [-0.1, -0.05) is 19.1 Å². The number of ether oxygens (including phenoxy) is 1. The van der Waals surface area contributed by atoms with Crippen LogP contribution in [-0.4, -0.2) is 31.0 Å². The summed E-state index contributed by atoms with van der Waals surface area (Å²) in [5.74, 6) is 1.39. The quantitative estimate of drug-likeness (QED) is 0.818. The monoisotopic (exact) mass is 247 g/mol. The van der Waals surface area contributed by atoms with Crippen molar-refractivity contribution in [3.63, 3.8) is 0 Å². The van der Waals surface area contributed by atoms with E-state index in [4.69, 9.17) is 4.74 Å². The van der Waals surface area contributed by atoms with Crippen molar-refractivity contribution in [1.29, 1.82) is 0 Å². The van der Waals surface area contributed by atoms with Gasteiger partial charge >= 0.3 is 0 Å². The normalized spacial score (nSPS) is 20.0. The molecule has 1 aliphatic heterocycles. The number of carbonyl (C=O) groups is 1. The summed E-state index contributed by atoms with van der Waals surface area (Å²) in [7, 11) is 1.67. The largest absolute Gasteiger partial charge is 0.497 e. The summed E-state index contributed by atoms with van der Waals surface area (Å²) in [5, 5.41) is 0. The second-order valence-corrected chi connectivity index (χ2v) is 4.97. The van der Waals surface area contributed by atoms with Crippen LogP contribution in [0.25, 0.3) is 0 Å². The average Bonchev–Trinajstić information content (AvgIpc) is 2.41. The number of amides is 1. The lowest BCUT2D eigenvalue weighted by molar-refractivity contribution is -0.137. The van der Waals surface area contributed by atoms with Gasteiger partial charge in [0.15, 0.2) is 0 Å². The Kier molecular flexibility index (Phi) is 4.24. The van der Waals surface area contributed by atoms with Gasteiger partial charge in [0.1, 0.15) is 5.75 Å². The number of piperidine rings is 1. The fourth-order valence-corrected chi connectivity index (χ4v) is 2.41. The van der Waals surface area contributed by atoms with Gasteiger partial charge in [-0.05, 0) is 37.0 Å². The van der Waals surface area contributed by atoms with E-state index in [2.05, 4.69) is 12.1 Å². The fourth-order valence-electron chi connectivity index (χ4n) is 2.41. The lowest BCUT2D eigenvalue weighted by Crippen LogP contribution is -2.41. The smallest absolute Gasteiger partial charge is 0.225 e. The highest BCUT2D eigenvalue weighted by Gasteiger charge is 2.24. The molecule has 1 fully saturated rings. The van der Waals surface area contributed by atoms with Crippen molar-refractivity contribution in [3.8, 4) is 5.75 Å². The Labute approximate surface area is 109 Å². The number of hydrogen-bond donors (Lipinski definition) is 0. The first kappa shape index (κ1) is 12.9. The first-order valence-electron chi connectivity index (χ1n) is 6.62. The Bertz CT molecular complexity index is 399. The molecular weight excluding hydrogens is 226 g/mol. The van der Waals surface area contributed by atoms with E-state index in [1.54, 1.807) is 7.11 Å². The molecule has 3 nitrogen and oxygen atoms in total. The summed E-state index contributed by atoms with van der Waals surface area (Å²) < 4.78 is 5.13. The number of methoxy groups -OCH3 is 1. The molecule has 1 aromatic carbocycles. The standard InChI is InChI=1S/C15H21NO2/c1-12-4-3-10-16(15(12)17)11-9-13-5-7-14(18-2)8-6-13/h5-8,12H,3-4,9-11H2,1-2H3. The summed E-state index contributed by atoms with van der Waals surface area (Å²) in [5.41, 5.74) is 1.25. The SMILES string of the molecule is COc1ccc(CCN2CCCC(C)C2=O)cc1. The number of likely N-dealkylation sites (tertiary alicyclic amines) is 1. The van der Waals surface area contributed by atoms with E-state index >= 15 is 0 Å².